The van der Waals surface area contributed by atoms with Crippen LogP contribution in [0.2, 0.25) is 0 Å². The maximum absolute atomic E-state index is 10.8. The van der Waals surface area contributed by atoms with E-state index in [1.807, 2.05) is 0 Å². The Bertz CT molecular complexity index is 509. The summed E-state index contributed by atoms with van der Waals surface area (Å²) in [5.74, 6) is -0.814. The number of primary amides is 1. The summed E-state index contributed by atoms with van der Waals surface area (Å²) in [5.41, 5.74) is 5.35. The first-order valence-electron chi connectivity index (χ1n) is 4.31. The summed E-state index contributed by atoms with van der Waals surface area (Å²) in [4.78, 5) is 11.7. The Morgan fingerprint density at radius 2 is 2.00 bits per heavy atom. The van der Waals surface area contributed by atoms with E-state index in [0.29, 0.717) is 39.4 Å². The minimum Gasteiger partial charge on any atom is -0.365 e. The standard InChI is InChI=1S/C10H8N2O3S2/c11-5-7(10(12)13)3-6-1-2-8(16-14)9(4-6)17-15/h1-4,14-15H,(H2,12,13)/b7-3+. The van der Waals surface area contributed by atoms with E-state index in [-0.39, 0.29) is 5.57 Å². The minimum absolute atomic E-state index is 0.178. The second-order valence-electron chi connectivity index (χ2n) is 2.92. The Morgan fingerprint density at radius 3 is 2.47 bits per heavy atom. The lowest BCUT2D eigenvalue weighted by atomic mass is 10.1. The number of amides is 1. The predicted octanol–water partition coefficient (Wildman–Crippen LogP) is 2.21. The SMILES string of the molecule is N#C/C(=C\c1ccc(SO)c(SO)c1)C(N)=O. The summed E-state index contributed by atoms with van der Waals surface area (Å²) < 4.78 is 17.9. The molecule has 17 heavy (non-hydrogen) atoms. The molecule has 7 heteroatoms. The topological polar surface area (TPSA) is 107 Å². The van der Waals surface area contributed by atoms with Crippen molar-refractivity contribution in [3.8, 4) is 6.07 Å². The van der Waals surface area contributed by atoms with Gasteiger partial charge in [-0.2, -0.15) is 5.26 Å². The molecule has 0 aliphatic rings. The number of nitrogens with two attached hydrogens (primary N) is 1. The molecule has 0 fully saturated rings. The summed E-state index contributed by atoms with van der Waals surface area (Å²) in [5, 5.41) is 8.67. The van der Waals surface area contributed by atoms with Gasteiger partial charge < -0.3 is 14.8 Å². The number of carbonyl (C=O) groups excluding carboxylic acids is 1. The number of carbonyl (C=O) groups is 1. The van der Waals surface area contributed by atoms with Crippen molar-refractivity contribution >= 4 is 36.1 Å². The maximum atomic E-state index is 10.8. The van der Waals surface area contributed by atoms with Crippen molar-refractivity contribution in [1.82, 2.24) is 0 Å². The lowest BCUT2D eigenvalue weighted by Gasteiger charge is -2.03. The van der Waals surface area contributed by atoms with E-state index in [2.05, 4.69) is 0 Å². The minimum atomic E-state index is -0.814. The molecular weight excluding hydrogens is 260 g/mol. The summed E-state index contributed by atoms with van der Waals surface area (Å²) in [7, 11) is 0. The van der Waals surface area contributed by atoms with Crippen LogP contribution in [0.4, 0.5) is 0 Å². The zero-order chi connectivity index (χ0) is 12.8. The molecule has 0 aromatic heterocycles. The molecule has 0 bridgehead atoms. The van der Waals surface area contributed by atoms with E-state index in [4.69, 9.17) is 20.1 Å². The first-order chi connectivity index (χ1) is 8.12. The fraction of sp³-hybridized carbons (Fsp3) is 0. The average molecular weight is 268 g/mol. The van der Waals surface area contributed by atoms with Crippen LogP contribution < -0.4 is 5.73 Å². The van der Waals surface area contributed by atoms with Gasteiger partial charge in [-0.1, -0.05) is 6.07 Å². The Morgan fingerprint density at radius 1 is 1.35 bits per heavy atom. The Kier molecular flexibility index (Phi) is 5.06. The van der Waals surface area contributed by atoms with Gasteiger partial charge in [0, 0.05) is 24.1 Å². The van der Waals surface area contributed by atoms with E-state index in [9.17, 15) is 4.79 Å². The molecule has 1 aromatic rings. The van der Waals surface area contributed by atoms with Crippen LogP contribution in [-0.4, -0.2) is 15.0 Å². The largest absolute Gasteiger partial charge is 0.365 e. The lowest BCUT2D eigenvalue weighted by molar-refractivity contribution is -0.114. The lowest BCUT2D eigenvalue weighted by Crippen LogP contribution is -2.12. The van der Waals surface area contributed by atoms with Crippen LogP contribution in [0.15, 0.2) is 33.6 Å². The number of benzene rings is 1. The number of hydrogen-bond acceptors (Lipinski definition) is 6. The van der Waals surface area contributed by atoms with Gasteiger partial charge in [0.05, 0.1) is 9.79 Å². The van der Waals surface area contributed by atoms with E-state index >= 15 is 0 Å². The molecule has 88 valence electrons. The van der Waals surface area contributed by atoms with Crippen molar-refractivity contribution in [2.75, 3.05) is 0 Å². The molecule has 0 unspecified atom stereocenters. The van der Waals surface area contributed by atoms with Crippen molar-refractivity contribution in [2.24, 2.45) is 5.73 Å². The molecular formula is C10H8N2O3S2. The van der Waals surface area contributed by atoms with Crippen molar-refractivity contribution in [1.29, 1.82) is 5.26 Å². The molecule has 1 rings (SSSR count). The zero-order valence-corrected chi connectivity index (χ0v) is 10.1. The van der Waals surface area contributed by atoms with Gasteiger partial charge in [0.15, 0.2) is 0 Å². The summed E-state index contributed by atoms with van der Waals surface area (Å²) in [6.07, 6.45) is 1.31. The zero-order valence-electron chi connectivity index (χ0n) is 8.45. The molecule has 0 atom stereocenters. The molecule has 0 heterocycles. The van der Waals surface area contributed by atoms with E-state index in [0.717, 1.165) is 0 Å². The Hall–Kier alpha value is -1.46. The maximum Gasteiger partial charge on any atom is 0.259 e. The quantitative estimate of drug-likeness (QED) is 0.439. The summed E-state index contributed by atoms with van der Waals surface area (Å²) in [6.45, 7) is 0. The smallest absolute Gasteiger partial charge is 0.259 e. The molecule has 0 aliphatic heterocycles. The van der Waals surface area contributed by atoms with Gasteiger partial charge >= 0.3 is 0 Å². The number of rotatable bonds is 4. The molecule has 4 N–H and O–H groups in total. The van der Waals surface area contributed by atoms with Crippen molar-refractivity contribution in [2.45, 2.75) is 9.79 Å². The highest BCUT2D eigenvalue weighted by Gasteiger charge is 2.06. The molecule has 0 spiro atoms. The van der Waals surface area contributed by atoms with Crippen molar-refractivity contribution < 1.29 is 13.9 Å². The van der Waals surface area contributed by atoms with Crippen LogP contribution in [-0.2, 0) is 4.79 Å². The third-order valence-electron chi connectivity index (χ3n) is 1.86. The average Bonchev–Trinajstić information content (AvgIpc) is 2.35. The first kappa shape index (κ1) is 13.6. The highest BCUT2D eigenvalue weighted by Crippen LogP contribution is 2.29. The summed E-state index contributed by atoms with van der Waals surface area (Å²) in [6, 6.07) is 6.37. The van der Waals surface area contributed by atoms with E-state index in [1.54, 1.807) is 18.2 Å². The van der Waals surface area contributed by atoms with Crippen LogP contribution in [0.25, 0.3) is 6.08 Å². The number of hydrogen-bond donors (Lipinski definition) is 3. The van der Waals surface area contributed by atoms with Crippen LogP contribution in [0.3, 0.4) is 0 Å². The fourth-order valence-electron chi connectivity index (χ4n) is 1.09. The normalized spacial score (nSPS) is 11.0. The van der Waals surface area contributed by atoms with Crippen LogP contribution in [0, 0.1) is 11.3 Å². The van der Waals surface area contributed by atoms with Gasteiger partial charge in [0.1, 0.15) is 11.6 Å². The molecule has 5 nitrogen and oxygen atoms in total. The van der Waals surface area contributed by atoms with Gasteiger partial charge in [0.2, 0.25) is 0 Å². The molecule has 1 aromatic carbocycles. The van der Waals surface area contributed by atoms with Gasteiger partial charge in [-0.25, -0.2) is 0 Å². The third-order valence-corrected chi connectivity index (χ3v) is 3.08. The van der Waals surface area contributed by atoms with E-state index in [1.165, 1.54) is 12.1 Å². The highest BCUT2D eigenvalue weighted by molar-refractivity contribution is 7.96. The first-order valence-corrected chi connectivity index (χ1v) is 5.85. The second kappa shape index (κ2) is 6.32. The summed E-state index contributed by atoms with van der Waals surface area (Å²) >= 11 is 0.970. The van der Waals surface area contributed by atoms with Crippen molar-refractivity contribution in [3.63, 3.8) is 0 Å². The Labute approximate surface area is 106 Å². The van der Waals surface area contributed by atoms with Gasteiger partial charge in [-0.05, 0) is 23.8 Å². The van der Waals surface area contributed by atoms with Crippen LogP contribution >= 0.6 is 24.1 Å². The third kappa shape index (κ3) is 3.51. The molecule has 0 radical (unpaired) electrons. The second-order valence-corrected chi connectivity index (χ2v) is 4.17. The highest BCUT2D eigenvalue weighted by atomic mass is 32.2. The molecule has 1 amide bonds. The fourth-order valence-corrected chi connectivity index (χ4v) is 1.93. The number of nitrogens with zero attached hydrogens (tertiary/aromatic N) is 1. The monoisotopic (exact) mass is 268 g/mol. The van der Waals surface area contributed by atoms with E-state index < -0.39 is 5.91 Å². The van der Waals surface area contributed by atoms with Gasteiger partial charge in [0.25, 0.3) is 5.91 Å². The Balaban J connectivity index is 3.17. The predicted molar refractivity (Wildman–Crippen MR) is 66.2 cm³/mol. The van der Waals surface area contributed by atoms with Crippen LogP contribution in [0.1, 0.15) is 5.56 Å². The van der Waals surface area contributed by atoms with Gasteiger partial charge in [-0.15, -0.1) is 0 Å². The molecule has 0 saturated carbocycles. The van der Waals surface area contributed by atoms with Gasteiger partial charge in [-0.3, -0.25) is 4.79 Å². The number of nitriles is 1. The molecule has 0 saturated heterocycles. The van der Waals surface area contributed by atoms with Crippen molar-refractivity contribution in [3.05, 3.63) is 29.3 Å². The van der Waals surface area contributed by atoms with Crippen LogP contribution in [0.5, 0.6) is 0 Å². The molecule has 0 aliphatic carbocycles.